The summed E-state index contributed by atoms with van der Waals surface area (Å²) in [4.78, 5) is 12.4. The van der Waals surface area contributed by atoms with Gasteiger partial charge in [-0.2, -0.15) is 20.5 Å². The number of benzene rings is 1. The van der Waals surface area contributed by atoms with Crippen LogP contribution in [0.2, 0.25) is 0 Å². The standard InChI is InChI=1S/C18H21F2N3O3S/c1-18(8-27-9-18)23-16(24)11-6-13(21)15(25-7-11)14(22)10-3-2-4-12(5-10)26-17(19)20/h2-5,11,17,22H,6-9,21H2,1H3,(H,23,24). The molecule has 2 aliphatic heterocycles. The van der Waals surface area contributed by atoms with Gasteiger partial charge >= 0.3 is 6.61 Å². The van der Waals surface area contributed by atoms with Crippen LogP contribution in [0.25, 0.3) is 0 Å². The van der Waals surface area contributed by atoms with E-state index in [1.807, 2.05) is 6.92 Å². The molecule has 1 amide bonds. The van der Waals surface area contributed by atoms with Crippen molar-refractivity contribution < 1.29 is 23.0 Å². The summed E-state index contributed by atoms with van der Waals surface area (Å²) in [5, 5.41) is 11.3. The van der Waals surface area contributed by atoms with Crippen molar-refractivity contribution in [1.29, 1.82) is 5.41 Å². The first-order valence-corrected chi connectivity index (χ1v) is 9.58. The van der Waals surface area contributed by atoms with Gasteiger partial charge in [0, 0.05) is 23.5 Å². The zero-order chi connectivity index (χ0) is 19.6. The second-order valence-electron chi connectivity index (χ2n) is 6.89. The lowest BCUT2D eigenvalue weighted by molar-refractivity contribution is -0.128. The number of ether oxygens (including phenoxy) is 2. The molecular formula is C18H21F2N3O3S. The number of rotatable bonds is 6. The maximum absolute atomic E-state index is 12.4. The van der Waals surface area contributed by atoms with E-state index < -0.39 is 12.5 Å². The first-order valence-electron chi connectivity index (χ1n) is 8.43. The molecule has 1 aromatic carbocycles. The number of nitrogens with two attached hydrogens (primary N) is 1. The lowest BCUT2D eigenvalue weighted by Gasteiger charge is -2.39. The molecule has 0 radical (unpaired) electrons. The van der Waals surface area contributed by atoms with Crippen LogP contribution >= 0.6 is 11.8 Å². The summed E-state index contributed by atoms with van der Waals surface area (Å²) in [6.07, 6.45) is 0.278. The Kier molecular flexibility index (Phi) is 5.59. The number of alkyl halides is 2. The Hall–Kier alpha value is -2.29. The van der Waals surface area contributed by atoms with Crippen molar-refractivity contribution in [2.75, 3.05) is 18.1 Å². The highest BCUT2D eigenvalue weighted by molar-refractivity contribution is 8.00. The summed E-state index contributed by atoms with van der Waals surface area (Å²) < 4.78 is 34.7. The fourth-order valence-electron chi connectivity index (χ4n) is 2.93. The van der Waals surface area contributed by atoms with Crippen LogP contribution in [0, 0.1) is 11.3 Å². The molecular weight excluding hydrogens is 376 g/mol. The normalized spacial score (nSPS) is 21.3. The van der Waals surface area contributed by atoms with Crippen molar-refractivity contribution in [3.63, 3.8) is 0 Å². The van der Waals surface area contributed by atoms with Gasteiger partial charge in [-0.25, -0.2) is 0 Å². The van der Waals surface area contributed by atoms with E-state index in [0.717, 1.165) is 11.5 Å². The molecule has 27 heavy (non-hydrogen) atoms. The van der Waals surface area contributed by atoms with Crippen LogP contribution in [0.15, 0.2) is 35.7 Å². The highest BCUT2D eigenvalue weighted by Gasteiger charge is 2.37. The van der Waals surface area contributed by atoms with E-state index in [0.29, 0.717) is 11.3 Å². The van der Waals surface area contributed by atoms with Crippen LogP contribution < -0.4 is 15.8 Å². The van der Waals surface area contributed by atoms with E-state index >= 15 is 0 Å². The summed E-state index contributed by atoms with van der Waals surface area (Å²) >= 11 is 1.77. The van der Waals surface area contributed by atoms with Gasteiger partial charge in [0.05, 0.1) is 17.2 Å². The van der Waals surface area contributed by atoms with Crippen LogP contribution in [0.4, 0.5) is 8.78 Å². The van der Waals surface area contributed by atoms with E-state index in [1.165, 1.54) is 18.2 Å². The summed E-state index contributed by atoms with van der Waals surface area (Å²) in [5.41, 5.74) is 6.47. The Morgan fingerprint density at radius 3 is 2.81 bits per heavy atom. The Balaban J connectivity index is 1.68. The van der Waals surface area contributed by atoms with E-state index in [9.17, 15) is 13.6 Å². The van der Waals surface area contributed by atoms with Crippen molar-refractivity contribution in [3.8, 4) is 5.75 Å². The number of halogens is 2. The molecule has 9 heteroatoms. The fourth-order valence-corrected chi connectivity index (χ4v) is 3.89. The smallest absolute Gasteiger partial charge is 0.387 e. The molecule has 0 saturated carbocycles. The predicted molar refractivity (Wildman–Crippen MR) is 99.0 cm³/mol. The molecule has 6 nitrogen and oxygen atoms in total. The molecule has 0 spiro atoms. The molecule has 1 atom stereocenters. The van der Waals surface area contributed by atoms with Crippen LogP contribution in [-0.4, -0.2) is 41.9 Å². The summed E-state index contributed by atoms with van der Waals surface area (Å²) in [5.74, 6) is 1.34. The van der Waals surface area contributed by atoms with Crippen molar-refractivity contribution in [3.05, 3.63) is 41.3 Å². The minimum absolute atomic E-state index is 0.0339. The third-order valence-electron chi connectivity index (χ3n) is 4.40. The monoisotopic (exact) mass is 397 g/mol. The van der Waals surface area contributed by atoms with Crippen LogP contribution in [-0.2, 0) is 9.53 Å². The number of allylic oxidation sites excluding steroid dienone is 2. The Morgan fingerprint density at radius 2 is 2.22 bits per heavy atom. The van der Waals surface area contributed by atoms with E-state index in [2.05, 4.69) is 10.1 Å². The minimum Gasteiger partial charge on any atom is -0.489 e. The zero-order valence-corrected chi connectivity index (χ0v) is 15.6. The Morgan fingerprint density at radius 1 is 1.48 bits per heavy atom. The SMILES string of the molecule is CC1(NC(=O)C2COC(C(=N)c3cccc(OC(F)F)c3)=C(N)C2)CSC1. The minimum atomic E-state index is -2.94. The van der Waals surface area contributed by atoms with E-state index in [4.69, 9.17) is 15.9 Å². The average Bonchev–Trinajstić information content (AvgIpc) is 2.59. The van der Waals surface area contributed by atoms with Crippen molar-refractivity contribution in [2.45, 2.75) is 25.5 Å². The third kappa shape index (κ3) is 4.52. The Labute approximate surface area is 160 Å². The van der Waals surface area contributed by atoms with Gasteiger partial charge in [0.15, 0.2) is 5.76 Å². The topological polar surface area (TPSA) is 97.4 Å². The van der Waals surface area contributed by atoms with Crippen LogP contribution in [0.3, 0.4) is 0 Å². The van der Waals surface area contributed by atoms with Crippen molar-refractivity contribution in [2.24, 2.45) is 11.7 Å². The van der Waals surface area contributed by atoms with Crippen LogP contribution in [0.1, 0.15) is 18.9 Å². The van der Waals surface area contributed by atoms with Gasteiger partial charge < -0.3 is 20.5 Å². The lowest BCUT2D eigenvalue weighted by Crippen LogP contribution is -2.57. The number of carbonyl (C=O) groups excluding carboxylic acids is 1. The molecule has 0 aliphatic carbocycles. The van der Waals surface area contributed by atoms with Gasteiger partial charge in [-0.1, -0.05) is 12.1 Å². The molecule has 2 heterocycles. The summed E-state index contributed by atoms with van der Waals surface area (Å²) in [7, 11) is 0. The molecule has 1 unspecified atom stereocenters. The molecule has 2 aliphatic rings. The van der Waals surface area contributed by atoms with E-state index in [-0.39, 0.29) is 41.7 Å². The predicted octanol–water partition coefficient (Wildman–Crippen LogP) is 2.48. The summed E-state index contributed by atoms with van der Waals surface area (Å²) in [6.45, 7) is -0.833. The fraction of sp³-hybridized carbons (Fsp3) is 0.444. The number of carbonyl (C=O) groups is 1. The number of hydrogen-bond donors (Lipinski definition) is 3. The first kappa shape index (κ1) is 19.5. The van der Waals surface area contributed by atoms with E-state index in [1.54, 1.807) is 17.8 Å². The number of hydrogen-bond acceptors (Lipinski definition) is 6. The van der Waals surface area contributed by atoms with Gasteiger partial charge in [0.1, 0.15) is 18.1 Å². The van der Waals surface area contributed by atoms with Gasteiger partial charge in [-0.3, -0.25) is 10.2 Å². The lowest BCUT2D eigenvalue weighted by atomic mass is 9.96. The van der Waals surface area contributed by atoms with Gasteiger partial charge in [0.2, 0.25) is 5.91 Å². The number of nitrogens with one attached hydrogen (secondary N) is 2. The second kappa shape index (κ2) is 7.75. The molecule has 0 bridgehead atoms. The maximum Gasteiger partial charge on any atom is 0.387 e. The van der Waals surface area contributed by atoms with Crippen molar-refractivity contribution >= 4 is 23.4 Å². The van der Waals surface area contributed by atoms with Gasteiger partial charge in [-0.15, -0.1) is 0 Å². The maximum atomic E-state index is 12.4. The zero-order valence-electron chi connectivity index (χ0n) is 14.8. The van der Waals surface area contributed by atoms with Gasteiger partial charge in [0.25, 0.3) is 0 Å². The van der Waals surface area contributed by atoms with Crippen LogP contribution in [0.5, 0.6) is 5.75 Å². The Bertz CT molecular complexity index is 781. The quantitative estimate of drug-likeness (QED) is 0.641. The summed E-state index contributed by atoms with van der Waals surface area (Å²) in [6, 6.07) is 5.79. The second-order valence-corrected chi connectivity index (χ2v) is 7.88. The first-order chi connectivity index (χ1) is 12.8. The molecule has 1 fully saturated rings. The third-order valence-corrected chi connectivity index (χ3v) is 6.08. The average molecular weight is 397 g/mol. The molecule has 0 aromatic heterocycles. The highest BCUT2D eigenvalue weighted by Crippen LogP contribution is 2.30. The highest BCUT2D eigenvalue weighted by atomic mass is 32.2. The number of thioether (sulfide) groups is 1. The molecule has 1 saturated heterocycles. The largest absolute Gasteiger partial charge is 0.489 e. The number of amides is 1. The molecule has 3 rings (SSSR count). The van der Waals surface area contributed by atoms with Gasteiger partial charge in [-0.05, 0) is 19.1 Å². The molecule has 4 N–H and O–H groups in total. The molecule has 146 valence electrons. The van der Waals surface area contributed by atoms with Crippen molar-refractivity contribution in [1.82, 2.24) is 5.32 Å². The molecule has 1 aromatic rings.